The summed E-state index contributed by atoms with van der Waals surface area (Å²) in [4.78, 5) is 33.6. The van der Waals surface area contributed by atoms with Gasteiger partial charge in [-0.15, -0.1) is 11.3 Å². The third kappa shape index (κ3) is 4.27. The molecule has 0 radical (unpaired) electrons. The molecule has 0 aromatic carbocycles. The molecule has 22 heavy (non-hydrogen) atoms. The monoisotopic (exact) mass is 324 g/mol. The Hall–Kier alpha value is -1.47. The molecule has 6 nitrogen and oxygen atoms in total. The number of likely N-dealkylation sites (N-methyl/N-ethyl adjacent to an activating group) is 1. The van der Waals surface area contributed by atoms with Gasteiger partial charge < -0.3 is 15.1 Å². The van der Waals surface area contributed by atoms with Crippen LogP contribution in [0.5, 0.6) is 0 Å². The van der Waals surface area contributed by atoms with Gasteiger partial charge in [-0.25, -0.2) is 4.98 Å². The van der Waals surface area contributed by atoms with Crippen molar-refractivity contribution in [3.05, 3.63) is 15.6 Å². The number of thiazole rings is 1. The van der Waals surface area contributed by atoms with Crippen LogP contribution in [0.2, 0.25) is 0 Å². The van der Waals surface area contributed by atoms with Gasteiger partial charge in [0, 0.05) is 30.9 Å². The lowest BCUT2D eigenvalue weighted by Crippen LogP contribution is -2.35. The average molecular weight is 324 g/mol. The van der Waals surface area contributed by atoms with E-state index in [1.165, 1.54) is 4.88 Å². The maximum Gasteiger partial charge on any atom is 0.225 e. The summed E-state index contributed by atoms with van der Waals surface area (Å²) in [5.74, 6) is -0.217. The molecule has 0 bridgehead atoms. The topological polar surface area (TPSA) is 65.5 Å². The van der Waals surface area contributed by atoms with E-state index in [4.69, 9.17) is 0 Å². The van der Waals surface area contributed by atoms with E-state index in [1.807, 2.05) is 32.8 Å². The van der Waals surface area contributed by atoms with Crippen molar-refractivity contribution in [1.82, 2.24) is 20.1 Å². The van der Waals surface area contributed by atoms with Crippen molar-refractivity contribution in [2.75, 3.05) is 33.7 Å². The molecule has 1 atom stereocenters. The van der Waals surface area contributed by atoms with Gasteiger partial charge >= 0.3 is 0 Å². The maximum atomic E-state index is 12.2. The first-order chi connectivity index (χ1) is 10.4. The minimum atomic E-state index is -0.239. The quantitative estimate of drug-likeness (QED) is 0.840. The average Bonchev–Trinajstić information content (AvgIpc) is 2.97. The molecular formula is C15H24N4O2S. The Labute approximate surface area is 135 Å². The van der Waals surface area contributed by atoms with Crippen molar-refractivity contribution >= 4 is 23.2 Å². The van der Waals surface area contributed by atoms with Crippen LogP contribution in [-0.4, -0.2) is 60.3 Å². The zero-order valence-corrected chi connectivity index (χ0v) is 14.5. The second-order valence-electron chi connectivity index (χ2n) is 6.01. The van der Waals surface area contributed by atoms with Crippen LogP contribution < -0.4 is 5.32 Å². The van der Waals surface area contributed by atoms with Crippen molar-refractivity contribution in [1.29, 1.82) is 0 Å². The Morgan fingerprint density at radius 3 is 2.77 bits per heavy atom. The Morgan fingerprint density at radius 1 is 1.45 bits per heavy atom. The highest BCUT2D eigenvalue weighted by Crippen LogP contribution is 2.19. The van der Waals surface area contributed by atoms with Crippen molar-refractivity contribution in [2.45, 2.75) is 26.8 Å². The van der Waals surface area contributed by atoms with Gasteiger partial charge in [-0.2, -0.15) is 0 Å². The predicted molar refractivity (Wildman–Crippen MR) is 86.7 cm³/mol. The molecule has 1 aliphatic heterocycles. The molecule has 1 aromatic rings. The van der Waals surface area contributed by atoms with E-state index in [0.29, 0.717) is 26.1 Å². The second-order valence-corrected chi connectivity index (χ2v) is 7.30. The van der Waals surface area contributed by atoms with E-state index in [9.17, 15) is 9.59 Å². The summed E-state index contributed by atoms with van der Waals surface area (Å²) in [6.07, 6.45) is 0.315. The Morgan fingerprint density at radius 2 is 2.18 bits per heavy atom. The van der Waals surface area contributed by atoms with Crippen LogP contribution in [-0.2, 0) is 16.1 Å². The number of nitrogens with zero attached hydrogens (tertiary/aromatic N) is 3. The number of aromatic nitrogens is 1. The smallest absolute Gasteiger partial charge is 0.225 e. The highest BCUT2D eigenvalue weighted by molar-refractivity contribution is 7.11. The Bertz CT molecular complexity index is 536. The predicted octanol–water partition coefficient (Wildman–Crippen LogP) is 0.786. The highest BCUT2D eigenvalue weighted by Gasteiger charge is 2.33. The number of likely N-dealkylation sites (tertiary alicyclic amines) is 1. The number of amides is 2. The third-order valence-corrected chi connectivity index (χ3v) is 4.96. The number of carbonyl (C=O) groups excluding carboxylic acids is 2. The van der Waals surface area contributed by atoms with Crippen LogP contribution >= 0.6 is 11.3 Å². The maximum absolute atomic E-state index is 12.2. The summed E-state index contributed by atoms with van der Waals surface area (Å²) in [6.45, 7) is 6.46. The first-order valence-electron chi connectivity index (χ1n) is 7.50. The molecule has 1 N–H and O–H groups in total. The molecule has 2 amide bonds. The molecule has 1 aliphatic rings. The van der Waals surface area contributed by atoms with Crippen LogP contribution in [0.1, 0.15) is 22.0 Å². The van der Waals surface area contributed by atoms with Gasteiger partial charge in [0.1, 0.15) is 5.01 Å². The molecule has 122 valence electrons. The lowest BCUT2D eigenvalue weighted by Gasteiger charge is -2.19. The van der Waals surface area contributed by atoms with Gasteiger partial charge in [0.25, 0.3) is 0 Å². The number of nitrogens with one attached hydrogen (secondary N) is 1. The van der Waals surface area contributed by atoms with E-state index >= 15 is 0 Å². The van der Waals surface area contributed by atoms with Gasteiger partial charge in [0.15, 0.2) is 0 Å². The molecule has 1 aromatic heterocycles. The van der Waals surface area contributed by atoms with Gasteiger partial charge in [-0.05, 0) is 27.9 Å². The van der Waals surface area contributed by atoms with Crippen LogP contribution in [0.15, 0.2) is 0 Å². The van der Waals surface area contributed by atoms with Crippen molar-refractivity contribution in [3.8, 4) is 0 Å². The fourth-order valence-electron chi connectivity index (χ4n) is 2.41. The van der Waals surface area contributed by atoms with Crippen LogP contribution in [0, 0.1) is 19.8 Å². The third-order valence-electron chi connectivity index (χ3n) is 3.89. The van der Waals surface area contributed by atoms with Crippen molar-refractivity contribution in [3.63, 3.8) is 0 Å². The SMILES string of the molecule is Cc1nc(CNC(=O)[C@H]2CC(=O)N(CCN(C)C)C2)sc1C. The van der Waals surface area contributed by atoms with Crippen LogP contribution in [0.4, 0.5) is 0 Å². The molecule has 0 saturated carbocycles. The molecule has 2 heterocycles. The summed E-state index contributed by atoms with van der Waals surface area (Å²) in [7, 11) is 3.95. The van der Waals surface area contributed by atoms with Gasteiger partial charge in [-0.1, -0.05) is 0 Å². The number of hydrogen-bond donors (Lipinski definition) is 1. The molecule has 1 saturated heterocycles. The number of hydrogen-bond acceptors (Lipinski definition) is 5. The fraction of sp³-hybridized carbons (Fsp3) is 0.667. The number of aryl methyl sites for hydroxylation is 2. The van der Waals surface area contributed by atoms with E-state index in [0.717, 1.165) is 17.2 Å². The van der Waals surface area contributed by atoms with E-state index in [-0.39, 0.29) is 17.7 Å². The first kappa shape index (κ1) is 16.9. The van der Waals surface area contributed by atoms with E-state index in [2.05, 4.69) is 10.3 Å². The zero-order valence-electron chi connectivity index (χ0n) is 13.7. The highest BCUT2D eigenvalue weighted by atomic mass is 32.1. The van der Waals surface area contributed by atoms with Gasteiger partial charge in [-0.3, -0.25) is 9.59 Å². The van der Waals surface area contributed by atoms with E-state index in [1.54, 1.807) is 16.2 Å². The largest absolute Gasteiger partial charge is 0.349 e. The summed E-state index contributed by atoms with van der Waals surface area (Å²) >= 11 is 1.60. The molecule has 7 heteroatoms. The number of carbonyl (C=O) groups is 2. The van der Waals surface area contributed by atoms with Crippen molar-refractivity contribution in [2.24, 2.45) is 5.92 Å². The van der Waals surface area contributed by atoms with Crippen LogP contribution in [0.25, 0.3) is 0 Å². The minimum Gasteiger partial charge on any atom is -0.349 e. The fourth-order valence-corrected chi connectivity index (χ4v) is 3.28. The summed E-state index contributed by atoms with van der Waals surface area (Å²) in [5, 5.41) is 3.82. The molecule has 0 aliphatic carbocycles. The van der Waals surface area contributed by atoms with E-state index < -0.39 is 0 Å². The standard InChI is InChI=1S/C15H24N4O2S/c1-10-11(2)22-13(17-10)8-16-15(21)12-7-14(20)19(9-12)6-5-18(3)4/h12H,5-9H2,1-4H3,(H,16,21)/t12-/m0/s1. The van der Waals surface area contributed by atoms with Crippen molar-refractivity contribution < 1.29 is 9.59 Å². The second kappa shape index (κ2) is 7.19. The normalized spacial score (nSPS) is 18.3. The lowest BCUT2D eigenvalue weighted by atomic mass is 10.1. The molecule has 2 rings (SSSR count). The van der Waals surface area contributed by atoms with Gasteiger partial charge in [0.2, 0.25) is 11.8 Å². The Balaban J connectivity index is 1.82. The minimum absolute atomic E-state index is 0.0498. The molecule has 0 unspecified atom stereocenters. The molecule has 0 spiro atoms. The molecular weight excluding hydrogens is 300 g/mol. The van der Waals surface area contributed by atoms with Crippen LogP contribution in [0.3, 0.4) is 0 Å². The van der Waals surface area contributed by atoms with Gasteiger partial charge in [0.05, 0.1) is 18.2 Å². The Kier molecular flexibility index (Phi) is 5.52. The summed E-state index contributed by atoms with van der Waals surface area (Å²) in [6, 6.07) is 0. The summed E-state index contributed by atoms with van der Waals surface area (Å²) < 4.78 is 0. The zero-order chi connectivity index (χ0) is 16.3. The number of rotatable bonds is 6. The molecule has 1 fully saturated rings. The summed E-state index contributed by atoms with van der Waals surface area (Å²) in [5.41, 5.74) is 1.01. The lowest BCUT2D eigenvalue weighted by molar-refractivity contribution is -0.129. The first-order valence-corrected chi connectivity index (χ1v) is 8.31.